The largest absolute Gasteiger partial charge is 0.398 e. The van der Waals surface area contributed by atoms with Crippen LogP contribution < -0.4 is 21.8 Å². The Kier molecular flexibility index (Phi) is 8.65. The van der Waals surface area contributed by atoms with Gasteiger partial charge in [0.1, 0.15) is 0 Å². The van der Waals surface area contributed by atoms with Crippen LogP contribution in [0.5, 0.6) is 0 Å². The van der Waals surface area contributed by atoms with E-state index in [9.17, 15) is 4.79 Å². The number of nitrogens with zero attached hydrogens (tertiary/aromatic N) is 3. The molecule has 1 saturated heterocycles. The first-order valence-corrected chi connectivity index (χ1v) is 13.0. The Hall–Kier alpha value is -3.89. The summed E-state index contributed by atoms with van der Waals surface area (Å²) in [4.78, 5) is 17.3. The molecule has 2 aromatic carbocycles. The van der Waals surface area contributed by atoms with Gasteiger partial charge in [0.25, 0.3) is 5.91 Å². The van der Waals surface area contributed by atoms with Crippen LogP contribution in [0.1, 0.15) is 43.7 Å². The Labute approximate surface area is 224 Å². The molecule has 0 saturated carbocycles. The van der Waals surface area contributed by atoms with Crippen LogP contribution in [0.15, 0.2) is 53.7 Å². The lowest BCUT2D eigenvalue weighted by molar-refractivity contribution is -0.113. The van der Waals surface area contributed by atoms with Gasteiger partial charge < -0.3 is 25.6 Å². The Balaban J connectivity index is 1.56. The lowest BCUT2D eigenvalue weighted by Gasteiger charge is -2.30. The van der Waals surface area contributed by atoms with Crippen LogP contribution in [0.25, 0.3) is 0 Å². The molecule has 0 spiro atoms. The van der Waals surface area contributed by atoms with Crippen molar-refractivity contribution in [2.45, 2.75) is 32.6 Å². The van der Waals surface area contributed by atoms with E-state index in [4.69, 9.17) is 27.1 Å². The van der Waals surface area contributed by atoms with Crippen LogP contribution in [-0.4, -0.2) is 67.4 Å². The molecule has 0 unspecified atom stereocenters. The maximum absolute atomic E-state index is 13.4. The Bertz CT molecular complexity index is 1240. The monoisotopic (exact) mass is 518 g/mol. The molecule has 202 valence electrons. The van der Waals surface area contributed by atoms with Gasteiger partial charge in [0.15, 0.2) is 0 Å². The number of allylic oxidation sites excluding steroid dienone is 1. The summed E-state index contributed by atoms with van der Waals surface area (Å²) in [7, 11) is 1.75. The minimum Gasteiger partial charge on any atom is -0.398 e. The minimum absolute atomic E-state index is 0.150. The van der Waals surface area contributed by atoms with Gasteiger partial charge >= 0.3 is 0 Å². The molecule has 1 amide bonds. The number of benzene rings is 2. The predicted molar refractivity (Wildman–Crippen MR) is 152 cm³/mol. The first kappa shape index (κ1) is 27.2. The first-order chi connectivity index (χ1) is 18.3. The van der Waals surface area contributed by atoms with Crippen molar-refractivity contribution < 1.29 is 9.53 Å². The Morgan fingerprint density at radius 1 is 1.05 bits per heavy atom. The molecule has 2 aliphatic heterocycles. The van der Waals surface area contributed by atoms with Crippen LogP contribution in [0.2, 0.25) is 0 Å². The topological polar surface area (TPSA) is 148 Å². The molecule has 2 aromatic rings. The highest BCUT2D eigenvalue weighted by atomic mass is 16.5. The lowest BCUT2D eigenvalue weighted by atomic mass is 9.99. The van der Waals surface area contributed by atoms with E-state index in [0.717, 1.165) is 43.6 Å². The second-order valence-corrected chi connectivity index (χ2v) is 9.73. The Morgan fingerprint density at radius 3 is 2.58 bits per heavy atom. The van der Waals surface area contributed by atoms with Crippen molar-refractivity contribution in [3.63, 3.8) is 0 Å². The second kappa shape index (κ2) is 12.1. The summed E-state index contributed by atoms with van der Waals surface area (Å²) in [6.45, 7) is 5.45. The number of carbonyl (C=O) groups is 1. The third kappa shape index (κ3) is 6.15. The summed E-state index contributed by atoms with van der Waals surface area (Å²) in [6.07, 6.45) is 3.23. The van der Waals surface area contributed by atoms with Crippen LogP contribution >= 0.6 is 0 Å². The molecule has 10 heteroatoms. The van der Waals surface area contributed by atoms with Gasteiger partial charge in [0, 0.05) is 66.1 Å². The molecule has 0 aliphatic carbocycles. The fraction of sp³-hybridized carbons (Fsp3) is 0.393. The van der Waals surface area contributed by atoms with Gasteiger partial charge in [-0.25, -0.2) is 5.84 Å². The first-order valence-electron chi connectivity index (χ1n) is 13.0. The van der Waals surface area contributed by atoms with E-state index in [2.05, 4.69) is 10.2 Å². The number of carbonyl (C=O) groups excluding carboxylic acids is 1. The van der Waals surface area contributed by atoms with Gasteiger partial charge in [-0.3, -0.25) is 20.6 Å². The van der Waals surface area contributed by atoms with Crippen molar-refractivity contribution in [1.29, 1.82) is 10.8 Å². The molecule has 0 radical (unpaired) electrons. The quantitative estimate of drug-likeness (QED) is 0.232. The number of nitrogens with one attached hydrogen (secondary N) is 3. The van der Waals surface area contributed by atoms with E-state index < -0.39 is 0 Å². The number of hydrogen-bond donors (Lipinski definition) is 5. The fourth-order valence-corrected chi connectivity index (χ4v) is 4.77. The standard InChI is InChI=1S/C28H38N8O2/c1-19-23(9-4-3-5-12-36(32)28(31)34(19)2)27(37)33-21-10-11-25(29)24(18-21)26(30)20-7-6-8-22(17-20)35-13-15-38-16-14-35/h6-8,10-11,17-18,30-31H,3-5,9,12-16,29,32H2,1-2H3,(H,33,37)/b23-19+,30-26?,31-28?. The highest BCUT2D eigenvalue weighted by Gasteiger charge is 2.22. The summed E-state index contributed by atoms with van der Waals surface area (Å²) < 4.78 is 5.46. The molecule has 0 atom stereocenters. The summed E-state index contributed by atoms with van der Waals surface area (Å²) in [5.41, 5.74) is 11.2. The molecule has 0 aromatic heterocycles. The lowest BCUT2D eigenvalue weighted by Crippen LogP contribution is -2.46. The molecule has 38 heavy (non-hydrogen) atoms. The average Bonchev–Trinajstić information content (AvgIpc) is 2.94. The van der Waals surface area contributed by atoms with Crippen LogP contribution in [0.3, 0.4) is 0 Å². The van der Waals surface area contributed by atoms with Crippen molar-refractivity contribution in [1.82, 2.24) is 9.91 Å². The molecule has 2 aliphatic rings. The fourth-order valence-electron chi connectivity index (χ4n) is 4.77. The molecule has 1 fully saturated rings. The van der Waals surface area contributed by atoms with Crippen molar-refractivity contribution in [3.05, 3.63) is 64.9 Å². The third-order valence-corrected chi connectivity index (χ3v) is 7.22. The maximum atomic E-state index is 13.4. The van der Waals surface area contributed by atoms with E-state index in [1.807, 2.05) is 31.2 Å². The van der Waals surface area contributed by atoms with Crippen LogP contribution in [0, 0.1) is 10.8 Å². The van der Waals surface area contributed by atoms with Crippen molar-refractivity contribution in [2.75, 3.05) is 55.8 Å². The number of rotatable bonds is 5. The summed E-state index contributed by atoms with van der Waals surface area (Å²) >= 11 is 0. The number of hydrazine groups is 1. The molecule has 10 nitrogen and oxygen atoms in total. The van der Waals surface area contributed by atoms with Gasteiger partial charge in [0.05, 0.1) is 18.9 Å². The van der Waals surface area contributed by atoms with Gasteiger partial charge in [-0.2, -0.15) is 0 Å². The number of nitrogens with two attached hydrogens (primary N) is 2. The van der Waals surface area contributed by atoms with Gasteiger partial charge in [-0.05, 0) is 56.5 Å². The number of ether oxygens (including phenoxy) is 1. The number of guanidine groups is 1. The van der Waals surface area contributed by atoms with Crippen molar-refractivity contribution >= 4 is 34.6 Å². The molecule has 7 N–H and O–H groups in total. The van der Waals surface area contributed by atoms with E-state index >= 15 is 0 Å². The molecular weight excluding hydrogens is 480 g/mol. The summed E-state index contributed by atoms with van der Waals surface area (Å²) in [6, 6.07) is 13.1. The number of nitrogen functional groups attached to an aromatic ring is 1. The van der Waals surface area contributed by atoms with Gasteiger partial charge in [0.2, 0.25) is 5.96 Å². The summed E-state index contributed by atoms with van der Waals surface area (Å²) in [5.74, 6) is 5.95. The SMILES string of the molecule is C/C1=C(\C(=O)Nc2ccc(N)c(C(=N)c3cccc(N4CCOCC4)c3)c2)CCCCCN(N)C(=N)N1C. The number of hydrogen-bond acceptors (Lipinski definition) is 7. The van der Waals surface area contributed by atoms with Crippen LogP contribution in [0.4, 0.5) is 17.1 Å². The van der Waals surface area contributed by atoms with Gasteiger partial charge in [-0.15, -0.1) is 0 Å². The molecule has 0 bridgehead atoms. The van der Waals surface area contributed by atoms with E-state index in [1.54, 1.807) is 30.1 Å². The zero-order chi connectivity index (χ0) is 27.2. The predicted octanol–water partition coefficient (Wildman–Crippen LogP) is 3.35. The molecular formula is C28H38N8O2. The van der Waals surface area contributed by atoms with Gasteiger partial charge in [-0.1, -0.05) is 18.6 Å². The zero-order valence-electron chi connectivity index (χ0n) is 22.2. The zero-order valence-corrected chi connectivity index (χ0v) is 22.2. The molecule has 2 heterocycles. The van der Waals surface area contributed by atoms with E-state index in [0.29, 0.717) is 60.1 Å². The Morgan fingerprint density at radius 2 is 1.82 bits per heavy atom. The smallest absolute Gasteiger partial charge is 0.253 e. The minimum atomic E-state index is -0.233. The number of morpholine rings is 1. The van der Waals surface area contributed by atoms with Crippen LogP contribution in [-0.2, 0) is 9.53 Å². The number of amides is 1. The average molecular weight is 519 g/mol. The highest BCUT2D eigenvalue weighted by molar-refractivity contribution is 6.15. The van der Waals surface area contributed by atoms with Crippen molar-refractivity contribution in [3.8, 4) is 0 Å². The molecule has 4 rings (SSSR count). The summed E-state index contributed by atoms with van der Waals surface area (Å²) in [5, 5.41) is 21.7. The van der Waals surface area contributed by atoms with E-state index in [1.165, 1.54) is 5.01 Å². The second-order valence-electron chi connectivity index (χ2n) is 9.73. The maximum Gasteiger partial charge on any atom is 0.253 e. The van der Waals surface area contributed by atoms with Crippen molar-refractivity contribution in [2.24, 2.45) is 5.84 Å². The highest BCUT2D eigenvalue weighted by Crippen LogP contribution is 2.26. The van der Waals surface area contributed by atoms with E-state index in [-0.39, 0.29) is 11.9 Å². The third-order valence-electron chi connectivity index (χ3n) is 7.22. The normalized spacial score (nSPS) is 19.3. The number of anilines is 3.